The summed E-state index contributed by atoms with van der Waals surface area (Å²) in [7, 11) is 0. The molecule has 1 N–H and O–H groups in total. The number of rotatable bonds is 3. The molecule has 1 heterocycles. The molecule has 1 atom stereocenters. The van der Waals surface area contributed by atoms with Crippen LogP contribution in [0.25, 0.3) is 0 Å². The average molecular weight is 244 g/mol. The predicted molar refractivity (Wildman–Crippen MR) is 61.9 cm³/mol. The first-order valence-electron chi connectivity index (χ1n) is 5.47. The lowest BCUT2D eigenvalue weighted by Gasteiger charge is -2.16. The van der Waals surface area contributed by atoms with Crippen LogP contribution in [0, 0.1) is 11.7 Å². The zero-order valence-electron chi connectivity index (χ0n) is 9.00. The lowest BCUT2D eigenvalue weighted by atomic mass is 10.1. The van der Waals surface area contributed by atoms with Crippen molar-refractivity contribution in [1.82, 2.24) is 4.90 Å². The van der Waals surface area contributed by atoms with Gasteiger partial charge in [0.25, 0.3) is 0 Å². The Morgan fingerprint density at radius 1 is 1.50 bits per heavy atom. The highest BCUT2D eigenvalue weighted by Crippen LogP contribution is 2.24. The summed E-state index contributed by atoms with van der Waals surface area (Å²) in [6.07, 6.45) is 0.975. The molecular formula is C12H15ClFNO. The standard InChI is InChI=1S/C12H15ClFNO/c13-11-2-1-3-12(14)10(11)7-15-5-4-9(6-15)8-16/h1-3,9,16H,4-8H2. The van der Waals surface area contributed by atoms with Crippen LogP contribution in [-0.2, 0) is 6.54 Å². The van der Waals surface area contributed by atoms with Gasteiger partial charge in [-0.2, -0.15) is 0 Å². The maximum Gasteiger partial charge on any atom is 0.129 e. The summed E-state index contributed by atoms with van der Waals surface area (Å²) in [6, 6.07) is 4.75. The summed E-state index contributed by atoms with van der Waals surface area (Å²) in [5.41, 5.74) is 0.558. The van der Waals surface area contributed by atoms with E-state index in [1.165, 1.54) is 6.07 Å². The van der Waals surface area contributed by atoms with Crippen LogP contribution in [0.4, 0.5) is 4.39 Å². The summed E-state index contributed by atoms with van der Waals surface area (Å²) in [6.45, 7) is 2.46. The lowest BCUT2D eigenvalue weighted by Crippen LogP contribution is -2.21. The molecule has 0 radical (unpaired) electrons. The van der Waals surface area contributed by atoms with Crippen molar-refractivity contribution in [3.63, 3.8) is 0 Å². The quantitative estimate of drug-likeness (QED) is 0.881. The van der Waals surface area contributed by atoms with Gasteiger partial charge in [-0.05, 0) is 31.0 Å². The Morgan fingerprint density at radius 3 is 2.94 bits per heavy atom. The highest BCUT2D eigenvalue weighted by atomic mass is 35.5. The molecule has 0 saturated carbocycles. The van der Waals surface area contributed by atoms with Crippen LogP contribution in [0.5, 0.6) is 0 Å². The third kappa shape index (κ3) is 2.54. The Hall–Kier alpha value is -0.640. The van der Waals surface area contributed by atoms with Gasteiger partial charge >= 0.3 is 0 Å². The summed E-state index contributed by atoms with van der Waals surface area (Å²) >= 11 is 5.96. The van der Waals surface area contributed by atoms with Gasteiger partial charge in [0, 0.05) is 30.3 Å². The van der Waals surface area contributed by atoms with Crippen molar-refractivity contribution in [2.45, 2.75) is 13.0 Å². The van der Waals surface area contributed by atoms with Gasteiger partial charge in [0.1, 0.15) is 5.82 Å². The summed E-state index contributed by atoms with van der Waals surface area (Å²) < 4.78 is 13.5. The number of aliphatic hydroxyl groups excluding tert-OH is 1. The van der Waals surface area contributed by atoms with Gasteiger partial charge in [-0.3, -0.25) is 4.90 Å². The normalized spacial score (nSPS) is 21.6. The molecule has 88 valence electrons. The third-order valence-electron chi connectivity index (χ3n) is 3.07. The van der Waals surface area contributed by atoms with Crippen molar-refractivity contribution in [3.05, 3.63) is 34.6 Å². The monoisotopic (exact) mass is 243 g/mol. The average Bonchev–Trinajstić information content (AvgIpc) is 2.71. The predicted octanol–water partition coefficient (Wildman–Crippen LogP) is 2.29. The van der Waals surface area contributed by atoms with E-state index in [0.717, 1.165) is 19.5 Å². The molecule has 1 saturated heterocycles. The van der Waals surface area contributed by atoms with E-state index >= 15 is 0 Å². The maximum absolute atomic E-state index is 13.5. The van der Waals surface area contributed by atoms with Crippen LogP contribution in [0.15, 0.2) is 18.2 Å². The van der Waals surface area contributed by atoms with Crippen LogP contribution in [-0.4, -0.2) is 29.7 Å². The first-order chi connectivity index (χ1) is 7.70. The van der Waals surface area contributed by atoms with Crippen molar-refractivity contribution in [2.24, 2.45) is 5.92 Å². The number of aliphatic hydroxyl groups is 1. The summed E-state index contributed by atoms with van der Waals surface area (Å²) in [5, 5.41) is 9.51. The zero-order valence-corrected chi connectivity index (χ0v) is 9.75. The Balaban J connectivity index is 2.04. The Kier molecular flexibility index (Phi) is 3.79. The second-order valence-corrected chi connectivity index (χ2v) is 4.68. The van der Waals surface area contributed by atoms with E-state index in [-0.39, 0.29) is 12.4 Å². The highest BCUT2D eigenvalue weighted by molar-refractivity contribution is 6.31. The van der Waals surface area contributed by atoms with Crippen molar-refractivity contribution in [2.75, 3.05) is 19.7 Å². The van der Waals surface area contributed by atoms with E-state index in [1.54, 1.807) is 12.1 Å². The SMILES string of the molecule is OCC1CCN(Cc2c(F)cccc2Cl)C1. The third-order valence-corrected chi connectivity index (χ3v) is 3.43. The van der Waals surface area contributed by atoms with Gasteiger partial charge in [-0.15, -0.1) is 0 Å². The number of hydrogen-bond donors (Lipinski definition) is 1. The topological polar surface area (TPSA) is 23.5 Å². The molecule has 0 aromatic heterocycles. The van der Waals surface area contributed by atoms with Gasteiger partial charge < -0.3 is 5.11 Å². The smallest absolute Gasteiger partial charge is 0.129 e. The zero-order chi connectivity index (χ0) is 11.5. The fourth-order valence-electron chi connectivity index (χ4n) is 2.11. The molecule has 2 rings (SSSR count). The van der Waals surface area contributed by atoms with Crippen LogP contribution in [0.1, 0.15) is 12.0 Å². The minimum atomic E-state index is -0.250. The van der Waals surface area contributed by atoms with E-state index in [0.29, 0.717) is 23.0 Å². The van der Waals surface area contributed by atoms with Crippen molar-refractivity contribution >= 4 is 11.6 Å². The van der Waals surface area contributed by atoms with Gasteiger partial charge in [0.2, 0.25) is 0 Å². The molecule has 1 aliphatic heterocycles. The first-order valence-corrected chi connectivity index (χ1v) is 5.84. The molecule has 1 fully saturated rings. The van der Waals surface area contributed by atoms with Crippen LogP contribution >= 0.6 is 11.6 Å². The van der Waals surface area contributed by atoms with E-state index in [4.69, 9.17) is 16.7 Å². The highest BCUT2D eigenvalue weighted by Gasteiger charge is 2.23. The maximum atomic E-state index is 13.5. The molecule has 0 amide bonds. The van der Waals surface area contributed by atoms with E-state index in [2.05, 4.69) is 4.90 Å². The van der Waals surface area contributed by atoms with Crippen molar-refractivity contribution in [1.29, 1.82) is 0 Å². The van der Waals surface area contributed by atoms with Gasteiger partial charge in [0.05, 0.1) is 0 Å². The largest absolute Gasteiger partial charge is 0.396 e. The van der Waals surface area contributed by atoms with Crippen LogP contribution < -0.4 is 0 Å². The summed E-state index contributed by atoms with van der Waals surface area (Å²) in [5.74, 6) is 0.0745. The van der Waals surface area contributed by atoms with E-state index in [9.17, 15) is 4.39 Å². The molecule has 16 heavy (non-hydrogen) atoms. The fraction of sp³-hybridized carbons (Fsp3) is 0.500. The Morgan fingerprint density at radius 2 is 2.31 bits per heavy atom. The first kappa shape index (κ1) is 11.8. The fourth-order valence-corrected chi connectivity index (χ4v) is 2.34. The van der Waals surface area contributed by atoms with Crippen LogP contribution in [0.3, 0.4) is 0 Å². The molecule has 0 aliphatic carbocycles. The van der Waals surface area contributed by atoms with Crippen molar-refractivity contribution in [3.8, 4) is 0 Å². The molecule has 0 spiro atoms. The molecule has 1 unspecified atom stereocenters. The number of benzene rings is 1. The van der Waals surface area contributed by atoms with Gasteiger partial charge in [-0.25, -0.2) is 4.39 Å². The molecule has 2 nitrogen and oxygen atoms in total. The number of hydrogen-bond acceptors (Lipinski definition) is 2. The molecule has 1 aromatic carbocycles. The summed E-state index contributed by atoms with van der Waals surface area (Å²) in [4.78, 5) is 2.13. The van der Waals surface area contributed by atoms with Gasteiger partial charge in [0.15, 0.2) is 0 Å². The molecule has 4 heteroatoms. The minimum absolute atomic E-state index is 0.210. The molecule has 1 aromatic rings. The lowest BCUT2D eigenvalue weighted by molar-refractivity contribution is 0.219. The number of halogens is 2. The molecule has 0 bridgehead atoms. The van der Waals surface area contributed by atoms with Gasteiger partial charge in [-0.1, -0.05) is 17.7 Å². The molecule has 1 aliphatic rings. The second-order valence-electron chi connectivity index (χ2n) is 4.27. The Labute approximate surface area is 99.6 Å². The molecular weight excluding hydrogens is 229 g/mol. The number of nitrogens with zero attached hydrogens (tertiary/aromatic N) is 1. The Bertz CT molecular complexity index is 352. The minimum Gasteiger partial charge on any atom is -0.396 e. The van der Waals surface area contributed by atoms with E-state index < -0.39 is 0 Å². The van der Waals surface area contributed by atoms with E-state index in [1.807, 2.05) is 0 Å². The van der Waals surface area contributed by atoms with Crippen LogP contribution in [0.2, 0.25) is 5.02 Å². The number of likely N-dealkylation sites (tertiary alicyclic amines) is 1. The second kappa shape index (κ2) is 5.13. The van der Waals surface area contributed by atoms with Crippen molar-refractivity contribution < 1.29 is 9.50 Å².